The molecule has 0 saturated heterocycles. The van der Waals surface area contributed by atoms with Crippen molar-refractivity contribution in [3.63, 3.8) is 0 Å². The van der Waals surface area contributed by atoms with Crippen molar-refractivity contribution in [1.82, 2.24) is 9.88 Å². The Bertz CT molecular complexity index is 1220. The Kier molecular flexibility index (Phi) is 6.44. The molecule has 0 amide bonds. The third-order valence-electron chi connectivity index (χ3n) is 6.92. The van der Waals surface area contributed by atoms with Gasteiger partial charge < -0.3 is 8.83 Å². The van der Waals surface area contributed by atoms with Crippen molar-refractivity contribution < 1.29 is 13.2 Å². The molecule has 2 heterocycles. The summed E-state index contributed by atoms with van der Waals surface area (Å²) in [6.45, 7) is 1.88. The quantitative estimate of drug-likeness (QED) is 0.358. The Hall–Kier alpha value is -3.12. The first-order valence-corrected chi connectivity index (χ1v) is 11.8. The van der Waals surface area contributed by atoms with Crippen LogP contribution in [0, 0.1) is 5.82 Å². The highest BCUT2D eigenvalue weighted by Gasteiger charge is 2.27. The fourth-order valence-electron chi connectivity index (χ4n) is 5.14. The van der Waals surface area contributed by atoms with Crippen molar-refractivity contribution in [2.45, 2.75) is 57.0 Å². The molecule has 1 aliphatic rings. The monoisotopic (exact) mass is 448 g/mol. The van der Waals surface area contributed by atoms with Crippen LogP contribution in [0.4, 0.5) is 4.39 Å². The second kappa shape index (κ2) is 9.79. The normalized spacial score (nSPS) is 18.8. The van der Waals surface area contributed by atoms with E-state index in [1.54, 1.807) is 6.26 Å². The average Bonchev–Trinajstić information content (AvgIpc) is 3.48. The van der Waals surface area contributed by atoms with Gasteiger partial charge in [-0.3, -0.25) is 9.88 Å². The number of benzene rings is 2. The van der Waals surface area contributed by atoms with Gasteiger partial charge in [-0.05, 0) is 92.4 Å². The summed E-state index contributed by atoms with van der Waals surface area (Å²) in [4.78, 5) is 16.8. The second-order valence-corrected chi connectivity index (χ2v) is 9.11. The molecular weight excluding hydrogens is 419 g/mol. The predicted molar refractivity (Wildman–Crippen MR) is 126 cm³/mol. The Morgan fingerprint density at radius 2 is 1.82 bits per heavy atom. The molecule has 0 aliphatic heterocycles. The van der Waals surface area contributed by atoms with Gasteiger partial charge in [0.15, 0.2) is 5.58 Å². The number of rotatable bonds is 8. The average molecular weight is 449 g/mol. The van der Waals surface area contributed by atoms with E-state index in [0.717, 1.165) is 57.1 Å². The van der Waals surface area contributed by atoms with Crippen molar-refractivity contribution in [1.29, 1.82) is 0 Å². The van der Waals surface area contributed by atoms with Crippen LogP contribution < -0.4 is 5.76 Å². The minimum Gasteiger partial charge on any atom is -0.472 e. The molecule has 0 atom stereocenters. The summed E-state index contributed by atoms with van der Waals surface area (Å²) in [5, 5.41) is 0. The fourth-order valence-corrected chi connectivity index (χ4v) is 5.14. The lowest BCUT2D eigenvalue weighted by molar-refractivity contribution is 0.139. The maximum absolute atomic E-state index is 13.2. The standard InChI is InChI=1S/C27H29FN2O3/c28-23-8-3-19(4-9-23)2-1-14-30(17-20-13-15-32-18-20)24-10-5-21(6-11-24)22-7-12-25-26(16-22)33-27(31)29-25/h3-4,7-9,12-13,15-16,18,21,24H,1-2,5-6,10-11,14,17H2,(H,29,31). The number of oxazole rings is 1. The molecule has 6 heteroatoms. The highest BCUT2D eigenvalue weighted by atomic mass is 19.1. The van der Waals surface area contributed by atoms with Crippen LogP contribution in [0.2, 0.25) is 0 Å². The van der Waals surface area contributed by atoms with Crippen LogP contribution in [-0.4, -0.2) is 22.5 Å². The van der Waals surface area contributed by atoms with Crippen molar-refractivity contribution in [3.8, 4) is 0 Å². The highest BCUT2D eigenvalue weighted by Crippen LogP contribution is 2.36. The summed E-state index contributed by atoms with van der Waals surface area (Å²) < 4.78 is 23.7. The zero-order chi connectivity index (χ0) is 22.6. The summed E-state index contributed by atoms with van der Waals surface area (Å²) >= 11 is 0. The molecule has 4 aromatic rings. The number of furan rings is 1. The van der Waals surface area contributed by atoms with Crippen LogP contribution in [0.5, 0.6) is 0 Å². The zero-order valence-electron chi connectivity index (χ0n) is 18.6. The van der Waals surface area contributed by atoms with Gasteiger partial charge in [0.2, 0.25) is 0 Å². The van der Waals surface area contributed by atoms with E-state index in [2.05, 4.69) is 16.0 Å². The number of nitrogens with one attached hydrogen (secondary N) is 1. The fraction of sp³-hybridized carbons (Fsp3) is 0.370. The van der Waals surface area contributed by atoms with Gasteiger partial charge in [0, 0.05) is 18.2 Å². The summed E-state index contributed by atoms with van der Waals surface area (Å²) in [5.41, 5.74) is 5.02. The van der Waals surface area contributed by atoms with Crippen LogP contribution >= 0.6 is 0 Å². The topological polar surface area (TPSA) is 62.4 Å². The van der Waals surface area contributed by atoms with Gasteiger partial charge in [-0.25, -0.2) is 9.18 Å². The molecule has 0 bridgehead atoms. The van der Waals surface area contributed by atoms with Gasteiger partial charge in [0.25, 0.3) is 0 Å². The maximum Gasteiger partial charge on any atom is 0.417 e. The minimum atomic E-state index is -0.401. The molecule has 2 aromatic carbocycles. The van der Waals surface area contributed by atoms with E-state index in [0.29, 0.717) is 17.5 Å². The molecule has 1 N–H and O–H groups in total. The van der Waals surface area contributed by atoms with Gasteiger partial charge in [-0.15, -0.1) is 0 Å². The third-order valence-corrected chi connectivity index (χ3v) is 6.92. The van der Waals surface area contributed by atoms with Gasteiger partial charge >= 0.3 is 5.76 Å². The van der Waals surface area contributed by atoms with Crippen LogP contribution in [0.25, 0.3) is 11.1 Å². The molecule has 33 heavy (non-hydrogen) atoms. The highest BCUT2D eigenvalue weighted by molar-refractivity contribution is 5.72. The van der Waals surface area contributed by atoms with Crippen molar-refractivity contribution in [2.24, 2.45) is 0 Å². The van der Waals surface area contributed by atoms with Crippen LogP contribution in [0.1, 0.15) is 54.7 Å². The minimum absolute atomic E-state index is 0.185. The number of H-pyrrole nitrogens is 1. The summed E-state index contributed by atoms with van der Waals surface area (Å²) in [5.74, 6) is -0.0999. The summed E-state index contributed by atoms with van der Waals surface area (Å²) in [7, 11) is 0. The number of hydrogen-bond donors (Lipinski definition) is 1. The largest absolute Gasteiger partial charge is 0.472 e. The lowest BCUT2D eigenvalue weighted by atomic mass is 9.81. The molecule has 2 aromatic heterocycles. The molecule has 0 unspecified atom stereocenters. The first kappa shape index (κ1) is 21.7. The molecule has 1 saturated carbocycles. The van der Waals surface area contributed by atoms with Crippen LogP contribution in [0.15, 0.2) is 74.7 Å². The lowest BCUT2D eigenvalue weighted by Gasteiger charge is -2.37. The number of nitrogens with zero attached hydrogens (tertiary/aromatic N) is 1. The third kappa shape index (κ3) is 5.28. The molecule has 0 radical (unpaired) electrons. The van der Waals surface area contributed by atoms with E-state index in [1.807, 2.05) is 36.6 Å². The number of hydrogen-bond acceptors (Lipinski definition) is 4. The lowest BCUT2D eigenvalue weighted by Crippen LogP contribution is -2.38. The molecule has 5 rings (SSSR count). The number of fused-ring (bicyclic) bond motifs is 1. The van der Waals surface area contributed by atoms with Crippen molar-refractivity contribution >= 4 is 11.1 Å². The van der Waals surface area contributed by atoms with E-state index in [-0.39, 0.29) is 5.82 Å². The van der Waals surface area contributed by atoms with Crippen LogP contribution in [-0.2, 0) is 13.0 Å². The predicted octanol–water partition coefficient (Wildman–Crippen LogP) is 6.01. The van der Waals surface area contributed by atoms with E-state index in [9.17, 15) is 9.18 Å². The SMILES string of the molecule is O=c1[nH]c2ccc(C3CCC(N(CCCc4ccc(F)cc4)Cc4ccoc4)CC3)cc2o1. The molecule has 1 aliphatic carbocycles. The smallest absolute Gasteiger partial charge is 0.417 e. The first-order valence-electron chi connectivity index (χ1n) is 11.8. The van der Waals surface area contributed by atoms with E-state index >= 15 is 0 Å². The number of halogens is 1. The molecule has 1 fully saturated rings. The van der Waals surface area contributed by atoms with Gasteiger partial charge in [0.1, 0.15) is 5.82 Å². The van der Waals surface area contributed by atoms with Gasteiger partial charge in [-0.2, -0.15) is 0 Å². The van der Waals surface area contributed by atoms with E-state index in [4.69, 9.17) is 8.83 Å². The van der Waals surface area contributed by atoms with Gasteiger partial charge in [0.05, 0.1) is 18.0 Å². The van der Waals surface area contributed by atoms with Gasteiger partial charge in [-0.1, -0.05) is 18.2 Å². The zero-order valence-corrected chi connectivity index (χ0v) is 18.6. The molecule has 5 nitrogen and oxygen atoms in total. The number of aromatic nitrogens is 1. The van der Waals surface area contributed by atoms with Crippen molar-refractivity contribution in [3.05, 3.63) is 94.1 Å². The Morgan fingerprint density at radius 1 is 1.00 bits per heavy atom. The Labute approximate surface area is 192 Å². The van der Waals surface area contributed by atoms with Crippen LogP contribution in [0.3, 0.4) is 0 Å². The number of aromatic amines is 1. The molecule has 0 spiro atoms. The Morgan fingerprint density at radius 3 is 2.58 bits per heavy atom. The molecule has 172 valence electrons. The molecular formula is C27H29FN2O3. The van der Waals surface area contributed by atoms with E-state index in [1.165, 1.54) is 28.8 Å². The second-order valence-electron chi connectivity index (χ2n) is 9.11. The summed E-state index contributed by atoms with van der Waals surface area (Å²) in [6, 6.07) is 15.5. The first-order chi connectivity index (χ1) is 16.1. The number of aryl methyl sites for hydroxylation is 1. The van der Waals surface area contributed by atoms with Crippen molar-refractivity contribution in [2.75, 3.05) is 6.54 Å². The Balaban J connectivity index is 1.21. The van der Waals surface area contributed by atoms with E-state index < -0.39 is 5.76 Å². The summed E-state index contributed by atoms with van der Waals surface area (Å²) in [6.07, 6.45) is 10.0. The maximum atomic E-state index is 13.2.